The Morgan fingerprint density at radius 1 is 1.37 bits per heavy atom. The molecule has 8 heteroatoms. The van der Waals surface area contributed by atoms with Crippen molar-refractivity contribution in [3.63, 3.8) is 0 Å². The molecule has 0 spiro atoms. The summed E-state index contributed by atoms with van der Waals surface area (Å²) in [6.07, 6.45) is 1.29. The van der Waals surface area contributed by atoms with E-state index >= 15 is 0 Å². The van der Waals surface area contributed by atoms with E-state index in [4.69, 9.17) is 11.6 Å². The van der Waals surface area contributed by atoms with E-state index in [1.807, 2.05) is 13.8 Å². The number of nitro benzene ring substituents is 1. The molecule has 0 aromatic heterocycles. The van der Waals surface area contributed by atoms with Gasteiger partial charge in [0.1, 0.15) is 5.02 Å². The summed E-state index contributed by atoms with van der Waals surface area (Å²) in [4.78, 5) is 9.87. The van der Waals surface area contributed by atoms with E-state index in [9.17, 15) is 18.5 Å². The Bertz CT molecular complexity index is 570. The van der Waals surface area contributed by atoms with Gasteiger partial charge < -0.3 is 0 Å². The minimum atomic E-state index is -3.77. The average Bonchev–Trinajstić information content (AvgIpc) is 2.35. The van der Waals surface area contributed by atoms with Crippen LogP contribution < -0.4 is 4.72 Å². The highest BCUT2D eigenvalue weighted by Crippen LogP contribution is 2.27. The zero-order valence-electron chi connectivity index (χ0n) is 10.6. The molecule has 1 N–H and O–H groups in total. The summed E-state index contributed by atoms with van der Waals surface area (Å²) in [7, 11) is -3.77. The van der Waals surface area contributed by atoms with Crippen LogP contribution in [0.4, 0.5) is 5.69 Å². The third-order valence-electron chi connectivity index (χ3n) is 2.73. The molecular weight excluding hydrogens is 292 g/mol. The van der Waals surface area contributed by atoms with Crippen LogP contribution in [0.5, 0.6) is 0 Å². The van der Waals surface area contributed by atoms with Crippen molar-refractivity contribution in [1.82, 2.24) is 4.72 Å². The predicted molar refractivity (Wildman–Crippen MR) is 72.8 cm³/mol. The van der Waals surface area contributed by atoms with Crippen LogP contribution in [0.2, 0.25) is 5.02 Å². The van der Waals surface area contributed by atoms with Gasteiger partial charge in [0.2, 0.25) is 10.0 Å². The first kappa shape index (κ1) is 15.9. The Hall–Kier alpha value is -1.18. The normalized spacial score (nSPS) is 11.8. The summed E-state index contributed by atoms with van der Waals surface area (Å²) in [5.74, 6) is 0. The lowest BCUT2D eigenvalue weighted by molar-refractivity contribution is -0.384. The fraction of sp³-hybridized carbons (Fsp3) is 0.455. The summed E-state index contributed by atoms with van der Waals surface area (Å²) in [5, 5.41) is 10.7. The number of hydrogen-bond acceptors (Lipinski definition) is 4. The fourth-order valence-electron chi connectivity index (χ4n) is 1.54. The van der Waals surface area contributed by atoms with Gasteiger partial charge in [-0.1, -0.05) is 25.4 Å². The molecular formula is C11H15ClN2O4S. The van der Waals surface area contributed by atoms with Crippen LogP contribution in [0.3, 0.4) is 0 Å². The fourth-order valence-corrected chi connectivity index (χ4v) is 3.15. The van der Waals surface area contributed by atoms with Crippen molar-refractivity contribution in [3.8, 4) is 0 Å². The molecule has 0 amide bonds. The first-order valence-corrected chi connectivity index (χ1v) is 7.64. The summed E-state index contributed by atoms with van der Waals surface area (Å²) in [6, 6.07) is 3.23. The molecule has 0 aliphatic heterocycles. The van der Waals surface area contributed by atoms with E-state index < -0.39 is 20.6 Å². The molecule has 0 heterocycles. The van der Waals surface area contributed by atoms with Crippen LogP contribution >= 0.6 is 11.6 Å². The highest BCUT2D eigenvalue weighted by molar-refractivity contribution is 7.89. The van der Waals surface area contributed by atoms with Crippen LogP contribution in [0.25, 0.3) is 0 Å². The van der Waals surface area contributed by atoms with Gasteiger partial charge in [-0.25, -0.2) is 13.1 Å². The van der Waals surface area contributed by atoms with Gasteiger partial charge in [0.25, 0.3) is 5.69 Å². The maximum atomic E-state index is 12.1. The molecule has 0 radical (unpaired) electrons. The smallest absolute Gasteiger partial charge is 0.258 e. The summed E-state index contributed by atoms with van der Waals surface area (Å²) >= 11 is 5.64. The minimum absolute atomic E-state index is 0.0912. The number of benzene rings is 1. The number of rotatable bonds is 6. The Labute approximate surface area is 117 Å². The number of hydrogen-bond donors (Lipinski definition) is 1. The highest BCUT2D eigenvalue weighted by atomic mass is 35.5. The van der Waals surface area contributed by atoms with Crippen LogP contribution in [0.15, 0.2) is 23.1 Å². The van der Waals surface area contributed by atoms with Gasteiger partial charge in [0.15, 0.2) is 0 Å². The second-order valence-corrected chi connectivity index (χ2v) is 6.13. The molecule has 19 heavy (non-hydrogen) atoms. The lowest BCUT2D eigenvalue weighted by Crippen LogP contribution is -2.33. The van der Waals surface area contributed by atoms with Crippen LogP contribution in [0, 0.1) is 10.1 Å². The maximum Gasteiger partial charge on any atom is 0.289 e. The number of sulfonamides is 1. The SMILES string of the molecule is CCC(CC)NS(=O)(=O)c1ccc(Cl)c([N+](=O)[O-])c1. The summed E-state index contributed by atoms with van der Waals surface area (Å²) in [6.45, 7) is 3.72. The Morgan fingerprint density at radius 2 is 1.95 bits per heavy atom. The van der Waals surface area contributed by atoms with Gasteiger partial charge in [-0.15, -0.1) is 0 Å². The van der Waals surface area contributed by atoms with Crippen molar-refractivity contribution < 1.29 is 13.3 Å². The van der Waals surface area contributed by atoms with Gasteiger partial charge in [0, 0.05) is 12.1 Å². The molecule has 1 aromatic rings. The summed E-state index contributed by atoms with van der Waals surface area (Å²) < 4.78 is 26.6. The van der Waals surface area contributed by atoms with Crippen molar-refractivity contribution in [1.29, 1.82) is 0 Å². The van der Waals surface area contributed by atoms with E-state index in [2.05, 4.69) is 4.72 Å². The van der Waals surface area contributed by atoms with Gasteiger partial charge in [0.05, 0.1) is 9.82 Å². The van der Waals surface area contributed by atoms with Crippen molar-refractivity contribution in [2.75, 3.05) is 0 Å². The van der Waals surface area contributed by atoms with E-state index in [1.54, 1.807) is 0 Å². The van der Waals surface area contributed by atoms with Gasteiger partial charge >= 0.3 is 0 Å². The molecule has 6 nitrogen and oxygen atoms in total. The van der Waals surface area contributed by atoms with Crippen molar-refractivity contribution in [2.45, 2.75) is 37.6 Å². The standard InChI is InChI=1S/C11H15ClN2O4S/c1-3-8(4-2)13-19(17,18)9-5-6-10(12)11(7-9)14(15)16/h5-8,13H,3-4H2,1-2H3. The van der Waals surface area contributed by atoms with Crippen LogP contribution in [-0.4, -0.2) is 19.4 Å². The second kappa shape index (κ2) is 6.31. The first-order valence-electron chi connectivity index (χ1n) is 5.78. The molecule has 0 unspecified atom stereocenters. The average molecular weight is 307 g/mol. The van der Waals surface area contributed by atoms with E-state index in [0.717, 1.165) is 6.07 Å². The molecule has 0 saturated carbocycles. The van der Waals surface area contributed by atoms with E-state index in [1.165, 1.54) is 12.1 Å². The third-order valence-corrected chi connectivity index (χ3v) is 4.57. The minimum Gasteiger partial charge on any atom is -0.258 e. The number of halogens is 1. The van der Waals surface area contributed by atoms with Crippen LogP contribution in [0.1, 0.15) is 26.7 Å². The molecule has 0 aliphatic rings. The predicted octanol–water partition coefficient (Wildman–Crippen LogP) is 2.72. The highest BCUT2D eigenvalue weighted by Gasteiger charge is 2.22. The van der Waals surface area contributed by atoms with Crippen molar-refractivity contribution in [2.24, 2.45) is 0 Å². The zero-order chi connectivity index (χ0) is 14.6. The molecule has 0 atom stereocenters. The van der Waals surface area contributed by atoms with Crippen LogP contribution in [-0.2, 0) is 10.0 Å². The quantitative estimate of drug-likeness (QED) is 0.646. The Kier molecular flexibility index (Phi) is 5.28. The van der Waals surface area contributed by atoms with Gasteiger partial charge in [-0.05, 0) is 25.0 Å². The van der Waals surface area contributed by atoms with Crippen molar-refractivity contribution in [3.05, 3.63) is 33.3 Å². The Morgan fingerprint density at radius 3 is 2.42 bits per heavy atom. The Balaban J connectivity index is 3.15. The number of nitro groups is 1. The third kappa shape index (κ3) is 3.89. The summed E-state index contributed by atoms with van der Waals surface area (Å²) in [5.41, 5.74) is -0.422. The number of nitrogens with zero attached hydrogens (tertiary/aromatic N) is 1. The van der Waals surface area contributed by atoms with Gasteiger partial charge in [-0.2, -0.15) is 0 Å². The molecule has 0 bridgehead atoms. The largest absolute Gasteiger partial charge is 0.289 e. The zero-order valence-corrected chi connectivity index (χ0v) is 12.2. The molecule has 0 fully saturated rings. The van der Waals surface area contributed by atoms with Crippen molar-refractivity contribution >= 4 is 27.3 Å². The topological polar surface area (TPSA) is 89.3 Å². The molecule has 0 saturated heterocycles. The molecule has 106 valence electrons. The first-order chi connectivity index (χ1) is 8.81. The lowest BCUT2D eigenvalue weighted by atomic mass is 10.2. The molecule has 1 rings (SSSR count). The van der Waals surface area contributed by atoms with E-state index in [0.29, 0.717) is 12.8 Å². The number of nitrogens with one attached hydrogen (secondary N) is 1. The lowest BCUT2D eigenvalue weighted by Gasteiger charge is -2.14. The maximum absolute atomic E-state index is 12.1. The van der Waals surface area contributed by atoms with E-state index in [-0.39, 0.29) is 16.0 Å². The molecule has 1 aromatic carbocycles. The monoisotopic (exact) mass is 306 g/mol. The molecule has 0 aliphatic carbocycles. The second-order valence-electron chi connectivity index (χ2n) is 4.01. The van der Waals surface area contributed by atoms with Gasteiger partial charge in [-0.3, -0.25) is 10.1 Å².